The molecule has 0 amide bonds. The number of carbonyl (C=O) groups excluding carboxylic acids is 1. The monoisotopic (exact) mass is 1470 g/mol. The molecule has 0 aliphatic heterocycles. The van der Waals surface area contributed by atoms with E-state index in [0.29, 0.717) is 40.7 Å². The molecule has 3 N–H and O–H groups in total. The van der Waals surface area contributed by atoms with E-state index in [1.807, 2.05) is 28.8 Å². The van der Waals surface area contributed by atoms with Crippen LogP contribution in [0.3, 0.4) is 0 Å². The number of carboxylic acid groups (broad SMARTS) is 2. The van der Waals surface area contributed by atoms with Gasteiger partial charge in [-0.05, 0) is 155 Å². The minimum Gasteiger partial charge on any atom is -0.477 e. The number of nitrogens with one attached hydrogen (secondary N) is 1. The highest BCUT2D eigenvalue weighted by atomic mass is 79.9. The molecule has 0 atom stereocenters. The van der Waals surface area contributed by atoms with Gasteiger partial charge in [-0.15, -0.1) is 12.6 Å². The van der Waals surface area contributed by atoms with E-state index in [1.54, 1.807) is 58.4 Å². The van der Waals surface area contributed by atoms with Gasteiger partial charge in [-0.1, -0.05) is 212 Å². The lowest BCUT2D eigenvalue weighted by atomic mass is 9.86. The summed E-state index contributed by atoms with van der Waals surface area (Å²) in [5, 5.41) is 23.5. The number of aromatic nitrogens is 3. The SMILES string of the molecule is COC(=O)c1cc2c(Br)cc(Cl)cc2n1COCC[Si](C)(C)C.Cc1cc(C(C)(C)C)ccc1S.Cc1cc(C(C)(C)C)ccc1Sc1cc(Cl)cc2[nH]c(C(=O)O)cc12.Cc1cc(C(C)(C)C)ccc1Sc1cc(Cl)cc2c1cc(C(=O)O)n2COCC[Si](C)(C)C. The molecule has 0 saturated carbocycles. The quantitative estimate of drug-likeness (QED) is 0.0301. The zero-order valence-corrected chi connectivity index (χ0v) is 65.5. The number of ether oxygens (including phenoxy) is 3. The lowest BCUT2D eigenvalue weighted by Crippen LogP contribution is -2.22. The first-order valence-electron chi connectivity index (χ1n) is 30.8. The van der Waals surface area contributed by atoms with Crippen molar-refractivity contribution >= 4 is 154 Å². The minimum absolute atomic E-state index is 0.0837. The van der Waals surface area contributed by atoms with Gasteiger partial charge in [0.15, 0.2) is 0 Å². The van der Waals surface area contributed by atoms with Crippen molar-refractivity contribution in [2.75, 3.05) is 20.3 Å². The number of carboxylic acids is 2. The number of halogens is 4. The number of rotatable bonds is 17. The Balaban J connectivity index is 0.000000206. The topological polar surface area (TPSA) is 145 Å². The Labute approximate surface area is 589 Å². The van der Waals surface area contributed by atoms with Crippen molar-refractivity contribution in [3.05, 3.63) is 179 Å². The van der Waals surface area contributed by atoms with Crippen LogP contribution < -0.4 is 0 Å². The van der Waals surface area contributed by atoms with Crippen molar-refractivity contribution in [1.82, 2.24) is 14.1 Å². The lowest BCUT2D eigenvalue weighted by molar-refractivity contribution is 0.0545. The molecule has 9 aromatic rings. The van der Waals surface area contributed by atoms with Crippen LogP contribution in [0.25, 0.3) is 32.7 Å². The molecule has 500 valence electrons. The predicted octanol–water partition coefficient (Wildman–Crippen LogP) is 23.1. The van der Waals surface area contributed by atoms with Crippen LogP contribution in [0, 0.1) is 20.8 Å². The molecule has 3 heterocycles. The van der Waals surface area contributed by atoms with E-state index >= 15 is 0 Å². The van der Waals surface area contributed by atoms with E-state index in [1.165, 1.54) is 40.5 Å². The van der Waals surface area contributed by atoms with E-state index in [-0.39, 0.29) is 34.4 Å². The van der Waals surface area contributed by atoms with Crippen LogP contribution in [0.15, 0.2) is 138 Å². The Morgan fingerprint density at radius 3 is 1.39 bits per heavy atom. The van der Waals surface area contributed by atoms with Crippen LogP contribution in [-0.4, -0.2) is 78.7 Å². The summed E-state index contributed by atoms with van der Waals surface area (Å²) in [6.07, 6.45) is 0. The van der Waals surface area contributed by atoms with Crippen molar-refractivity contribution < 1.29 is 38.8 Å². The number of hydrogen-bond donors (Lipinski definition) is 4. The fourth-order valence-corrected chi connectivity index (χ4v) is 14.9. The maximum Gasteiger partial charge on any atom is 0.354 e. The van der Waals surface area contributed by atoms with E-state index in [0.717, 1.165) is 73.7 Å². The molecule has 0 aliphatic carbocycles. The maximum atomic E-state index is 12.1. The second-order valence-corrected chi connectivity index (χ2v) is 44.9. The number of H-pyrrole nitrogens is 1. The molecule has 3 aromatic heterocycles. The molecule has 0 saturated heterocycles. The second-order valence-electron chi connectivity index (χ2n) is 28.8. The highest BCUT2D eigenvalue weighted by Gasteiger charge is 2.24. The summed E-state index contributed by atoms with van der Waals surface area (Å²) in [6.45, 7) is 41.8. The third kappa shape index (κ3) is 21.8. The molecule has 0 bridgehead atoms. The van der Waals surface area contributed by atoms with Crippen LogP contribution >= 0.6 is 86.9 Å². The molecule has 93 heavy (non-hydrogen) atoms. The maximum absolute atomic E-state index is 12.1. The van der Waals surface area contributed by atoms with Crippen molar-refractivity contribution in [1.29, 1.82) is 0 Å². The molecule has 0 unspecified atom stereocenters. The molecule has 20 heteroatoms. The molecule has 0 radical (unpaired) electrons. The first-order valence-corrected chi connectivity index (χ1v) is 42.2. The van der Waals surface area contributed by atoms with Gasteiger partial charge in [0.05, 0.1) is 18.1 Å². The number of carbonyl (C=O) groups is 3. The van der Waals surface area contributed by atoms with Crippen LogP contribution in [0.4, 0.5) is 0 Å². The first-order chi connectivity index (χ1) is 43.0. The number of fused-ring (bicyclic) bond motifs is 3. The fraction of sp³-hybridized carbons (Fsp3) is 0.384. The molecule has 6 aromatic carbocycles. The van der Waals surface area contributed by atoms with Crippen LogP contribution in [0.1, 0.15) is 127 Å². The number of hydrogen-bond acceptors (Lipinski definition) is 9. The number of aromatic amines is 1. The fourth-order valence-electron chi connectivity index (χ4n) is 9.65. The largest absolute Gasteiger partial charge is 0.477 e. The van der Waals surface area contributed by atoms with Crippen LogP contribution in [-0.2, 0) is 43.9 Å². The molecular weight excluding hydrogens is 1390 g/mol. The molecule has 0 aliphatic rings. The Hall–Kier alpha value is -4.90. The average Bonchev–Trinajstić information content (AvgIpc) is 1.63. The van der Waals surface area contributed by atoms with E-state index in [9.17, 15) is 24.6 Å². The van der Waals surface area contributed by atoms with Gasteiger partial charge in [-0.2, -0.15) is 0 Å². The Bertz CT molecular complexity index is 4170. The van der Waals surface area contributed by atoms with Crippen LogP contribution in [0.2, 0.25) is 66.4 Å². The zero-order chi connectivity index (χ0) is 69.5. The van der Waals surface area contributed by atoms with E-state index in [2.05, 4.69) is 211 Å². The van der Waals surface area contributed by atoms with Crippen molar-refractivity contribution in [3.8, 4) is 0 Å². The summed E-state index contributed by atoms with van der Waals surface area (Å²) in [7, 11) is -1.00. The molecule has 0 spiro atoms. The Kier molecular flexibility index (Phi) is 26.5. The van der Waals surface area contributed by atoms with E-state index < -0.39 is 34.1 Å². The van der Waals surface area contributed by atoms with Crippen molar-refractivity contribution in [2.24, 2.45) is 0 Å². The van der Waals surface area contributed by atoms with Gasteiger partial charge in [-0.3, -0.25) is 0 Å². The number of aromatic carboxylic acids is 2. The van der Waals surface area contributed by atoms with Gasteiger partial charge in [0.1, 0.15) is 30.5 Å². The number of nitrogens with zero attached hydrogens (tertiary/aromatic N) is 2. The first kappa shape index (κ1) is 77.1. The van der Waals surface area contributed by atoms with Crippen molar-refractivity contribution in [3.63, 3.8) is 0 Å². The van der Waals surface area contributed by atoms with Gasteiger partial charge < -0.3 is 38.5 Å². The summed E-state index contributed by atoms with van der Waals surface area (Å²) in [5.41, 5.74) is 11.2. The number of thiol groups is 1. The van der Waals surface area contributed by atoms with Gasteiger partial charge in [0.25, 0.3) is 0 Å². The average molecular weight is 1480 g/mol. The van der Waals surface area contributed by atoms with Gasteiger partial charge >= 0.3 is 17.9 Å². The molecule has 0 fully saturated rings. The lowest BCUT2D eigenvalue weighted by Gasteiger charge is -2.20. The predicted molar refractivity (Wildman–Crippen MR) is 404 cm³/mol. The third-order valence-corrected chi connectivity index (χ3v) is 23.1. The minimum atomic E-state index is -1.23. The number of methoxy groups -OCH3 is 1. The number of esters is 1. The molecule has 11 nitrogen and oxygen atoms in total. The zero-order valence-electron chi connectivity index (χ0n) is 57.1. The summed E-state index contributed by atoms with van der Waals surface area (Å²) in [4.78, 5) is 43.4. The highest BCUT2D eigenvalue weighted by molar-refractivity contribution is 9.10. The van der Waals surface area contributed by atoms with Gasteiger partial charge in [-0.25, -0.2) is 14.4 Å². The molecule has 9 rings (SSSR count). The van der Waals surface area contributed by atoms with Gasteiger partial charge in [0, 0.05) is 95.1 Å². The standard InChI is InChI=1S/C26H34ClNO3SSi.C20H20ClNO2S.C16H21BrClNO3Si.C11H16S/c1-17-12-18(26(2,3)4)8-9-23(17)32-24-14-19(27)13-21-20(24)15-22(25(29)30)28(21)16-31-10-11-33(5,6)7;1-11-7-12(20(2,3)4)5-6-17(11)25-18-9-13(21)8-15-14(18)10-16(22-15)19(23)24;1-21-16(20)15-9-12-13(17)7-11(18)8-14(12)19(15)10-22-5-6-23(2,3)4;1-8-7-9(11(2,3)4)5-6-10(8)12/h8-9,12-15H,10-11,16H2,1-7H3,(H,29,30);5-10,22H,1-4H3,(H,23,24);7-9H,5-6,10H2,1-4H3;5-7,12H,1-4H3. The highest BCUT2D eigenvalue weighted by Crippen LogP contribution is 2.42. The van der Waals surface area contributed by atoms with E-state index in [4.69, 9.17) is 49.0 Å². The smallest absolute Gasteiger partial charge is 0.354 e. The summed E-state index contributed by atoms with van der Waals surface area (Å²) in [6, 6.07) is 37.7. The van der Waals surface area contributed by atoms with Gasteiger partial charge in [0.2, 0.25) is 0 Å². The third-order valence-electron chi connectivity index (χ3n) is 15.4. The number of benzene rings is 6. The summed E-state index contributed by atoms with van der Waals surface area (Å²) in [5.74, 6) is -2.34. The number of aryl methyl sites for hydroxylation is 3. The summed E-state index contributed by atoms with van der Waals surface area (Å²) >= 11 is 29.9. The van der Waals surface area contributed by atoms with Crippen molar-refractivity contribution in [2.45, 2.75) is 189 Å². The summed E-state index contributed by atoms with van der Waals surface area (Å²) < 4.78 is 21.0. The Morgan fingerprint density at radius 2 is 0.957 bits per heavy atom. The normalized spacial score (nSPS) is 12.1. The Morgan fingerprint density at radius 1 is 0.538 bits per heavy atom. The molecular formula is C73H91BrCl3N3O8S3Si2. The van der Waals surface area contributed by atoms with Crippen LogP contribution in [0.5, 0.6) is 0 Å². The second kappa shape index (κ2) is 32.0.